The molecule has 0 spiro atoms. The van der Waals surface area contributed by atoms with Gasteiger partial charge in [-0.25, -0.2) is 14.4 Å². The van der Waals surface area contributed by atoms with Crippen LogP contribution in [0, 0.1) is 16.7 Å². The predicted molar refractivity (Wildman–Crippen MR) is 82.6 cm³/mol. The van der Waals surface area contributed by atoms with Crippen LogP contribution in [0.3, 0.4) is 0 Å². The van der Waals surface area contributed by atoms with E-state index >= 15 is 0 Å². The molecular formula is C13H12ClFN6O3. The van der Waals surface area contributed by atoms with E-state index in [2.05, 4.69) is 32.0 Å². The van der Waals surface area contributed by atoms with Crippen LogP contribution in [0.15, 0.2) is 17.7 Å². The summed E-state index contributed by atoms with van der Waals surface area (Å²) in [4.78, 5) is 21.5. The molecule has 0 radical (unpaired) electrons. The molecule has 0 amide bonds. The van der Waals surface area contributed by atoms with Crippen LogP contribution >= 0.6 is 11.6 Å². The van der Waals surface area contributed by atoms with Crippen LogP contribution in [-0.4, -0.2) is 54.9 Å². The second kappa shape index (κ2) is 6.27. The van der Waals surface area contributed by atoms with Crippen LogP contribution in [0.4, 0.5) is 10.3 Å². The van der Waals surface area contributed by atoms with Crippen molar-refractivity contribution in [3.63, 3.8) is 0 Å². The lowest BCUT2D eigenvalue weighted by atomic mass is 9.97. The van der Waals surface area contributed by atoms with Gasteiger partial charge in [-0.05, 0) is 0 Å². The highest BCUT2D eigenvalue weighted by Gasteiger charge is 2.57. The van der Waals surface area contributed by atoms with Crippen LogP contribution in [0.25, 0.3) is 11.2 Å². The van der Waals surface area contributed by atoms with Crippen molar-refractivity contribution >= 4 is 28.7 Å². The number of nitroso groups, excluding NO2 is 1. The Kier molecular flexibility index (Phi) is 4.31. The Hall–Kier alpha value is -2.35. The summed E-state index contributed by atoms with van der Waals surface area (Å²) >= 11 is 6.49. The maximum Gasteiger partial charge on any atom is 0.222 e. The molecule has 24 heavy (non-hydrogen) atoms. The molecule has 1 saturated heterocycles. The van der Waals surface area contributed by atoms with Crippen molar-refractivity contribution in [2.24, 2.45) is 5.18 Å². The molecule has 4 atom stereocenters. The second-order valence-electron chi connectivity index (χ2n) is 5.05. The van der Waals surface area contributed by atoms with Crippen LogP contribution in [-0.2, 0) is 4.74 Å². The maximum atomic E-state index is 12.5. The number of fused-ring (bicyclic) bond motifs is 1. The van der Waals surface area contributed by atoms with Crippen LogP contribution in [0.5, 0.6) is 0 Å². The summed E-state index contributed by atoms with van der Waals surface area (Å²) in [5, 5.41) is 12.3. The number of nitrogens with two attached hydrogens (primary N) is 1. The first-order valence-corrected chi connectivity index (χ1v) is 7.21. The minimum atomic E-state index is -1.70. The van der Waals surface area contributed by atoms with E-state index in [1.54, 1.807) is 0 Å². The van der Waals surface area contributed by atoms with Gasteiger partial charge in [0.05, 0.1) is 19.1 Å². The zero-order valence-electron chi connectivity index (χ0n) is 12.1. The van der Waals surface area contributed by atoms with Gasteiger partial charge in [-0.3, -0.25) is 4.57 Å². The highest BCUT2D eigenvalue weighted by atomic mass is 35.5. The van der Waals surface area contributed by atoms with Gasteiger partial charge < -0.3 is 15.6 Å². The van der Waals surface area contributed by atoms with E-state index in [1.165, 1.54) is 17.1 Å². The Morgan fingerprint density at radius 3 is 3.04 bits per heavy atom. The number of ether oxygens (including phenoxy) is 1. The Labute approximate surface area is 140 Å². The number of hydrogen-bond acceptors (Lipinski definition) is 8. The summed E-state index contributed by atoms with van der Waals surface area (Å²) in [6.45, 7) is -1.47. The van der Waals surface area contributed by atoms with E-state index in [1.807, 2.05) is 0 Å². The minimum Gasteiger partial charge on any atom is -0.394 e. The average Bonchev–Trinajstić information content (AvgIpc) is 3.10. The van der Waals surface area contributed by atoms with Gasteiger partial charge in [0.15, 0.2) is 22.8 Å². The predicted octanol–water partition coefficient (Wildman–Crippen LogP) is 0.384. The third kappa shape index (κ3) is 2.47. The van der Waals surface area contributed by atoms with Crippen molar-refractivity contribution < 1.29 is 14.2 Å². The molecule has 1 fully saturated rings. The molecular weight excluding hydrogens is 343 g/mol. The molecule has 2 aromatic heterocycles. The number of aromatic nitrogens is 4. The van der Waals surface area contributed by atoms with Crippen molar-refractivity contribution in [2.75, 3.05) is 19.0 Å². The number of aliphatic hydroxyl groups is 1. The van der Waals surface area contributed by atoms with Gasteiger partial charge in [-0.2, -0.15) is 9.89 Å². The number of alkyl halides is 2. The molecule has 3 rings (SSSR count). The fraction of sp³-hybridized carbons (Fsp3) is 0.462. The summed E-state index contributed by atoms with van der Waals surface area (Å²) in [5.41, 5.74) is 6.29. The summed E-state index contributed by atoms with van der Waals surface area (Å²) in [7, 11) is 0. The Bertz CT molecular complexity index is 836. The topological polar surface area (TPSA) is 129 Å². The molecule has 1 unspecified atom stereocenters. The van der Waals surface area contributed by atoms with Gasteiger partial charge in [0, 0.05) is 0 Å². The average molecular weight is 355 g/mol. The van der Waals surface area contributed by atoms with Crippen LogP contribution < -0.4 is 5.73 Å². The van der Waals surface area contributed by atoms with Gasteiger partial charge in [0.1, 0.15) is 18.3 Å². The third-order valence-electron chi connectivity index (χ3n) is 3.67. The lowest BCUT2D eigenvalue weighted by Gasteiger charge is -2.24. The fourth-order valence-electron chi connectivity index (χ4n) is 2.63. The Morgan fingerprint density at radius 2 is 2.38 bits per heavy atom. The lowest BCUT2D eigenvalue weighted by Crippen LogP contribution is -2.39. The van der Waals surface area contributed by atoms with Gasteiger partial charge >= 0.3 is 0 Å². The molecule has 0 bridgehead atoms. The van der Waals surface area contributed by atoms with Gasteiger partial charge in [-0.1, -0.05) is 28.6 Å². The highest BCUT2D eigenvalue weighted by molar-refractivity contribution is 6.27. The smallest absolute Gasteiger partial charge is 0.222 e. The molecule has 3 N–H and O–H groups in total. The SMILES string of the molecule is Nc1ncc2ncn([C@@H]3O[C@H](CO)C(N=O)[C@]3(Cl)C#CCF)c2n1. The molecule has 126 valence electrons. The summed E-state index contributed by atoms with van der Waals surface area (Å²) in [6, 6.07) is -1.22. The number of nitrogens with zero attached hydrogens (tertiary/aromatic N) is 5. The minimum absolute atomic E-state index is 0.000956. The van der Waals surface area contributed by atoms with E-state index in [9.17, 15) is 14.4 Å². The molecule has 0 aromatic carbocycles. The summed E-state index contributed by atoms with van der Waals surface area (Å²) in [6.07, 6.45) is 0.679. The van der Waals surface area contributed by atoms with Gasteiger partial charge in [0.25, 0.3) is 0 Å². The zero-order valence-corrected chi connectivity index (χ0v) is 12.9. The van der Waals surface area contributed by atoms with Crippen molar-refractivity contribution in [3.05, 3.63) is 17.4 Å². The maximum absolute atomic E-state index is 12.5. The third-order valence-corrected chi connectivity index (χ3v) is 4.18. The normalized spacial score (nSPS) is 29.4. The number of halogens is 2. The van der Waals surface area contributed by atoms with E-state index in [0.29, 0.717) is 11.2 Å². The largest absolute Gasteiger partial charge is 0.394 e. The standard InChI is InChI=1S/C13H12ClFN6O3/c14-13(2-1-3-15)9(20-23)8(5-22)24-11(13)21-6-18-7-4-17-12(16)19-10(7)21/h4,6,8-9,11,22H,3,5H2,(H2,16,17,19)/t8-,9?,11-,13-/m1/s1. The quantitative estimate of drug-likeness (QED) is 0.463. The van der Waals surface area contributed by atoms with Crippen LogP contribution in [0.1, 0.15) is 6.23 Å². The molecule has 11 heteroatoms. The molecule has 0 aliphatic carbocycles. The molecule has 9 nitrogen and oxygen atoms in total. The van der Waals surface area contributed by atoms with E-state index in [-0.39, 0.29) is 5.95 Å². The van der Waals surface area contributed by atoms with E-state index in [0.717, 1.165) is 0 Å². The summed E-state index contributed by atoms with van der Waals surface area (Å²) in [5.74, 6) is 4.67. The molecule has 2 aromatic rings. The lowest BCUT2D eigenvalue weighted by molar-refractivity contribution is -0.0259. The van der Waals surface area contributed by atoms with Crippen molar-refractivity contribution in [1.29, 1.82) is 0 Å². The number of anilines is 1. The van der Waals surface area contributed by atoms with Crippen molar-refractivity contribution in [1.82, 2.24) is 19.5 Å². The first kappa shape index (κ1) is 16.5. The second-order valence-corrected chi connectivity index (χ2v) is 5.68. The van der Waals surface area contributed by atoms with Crippen molar-refractivity contribution in [3.8, 4) is 11.8 Å². The molecule has 1 aliphatic heterocycles. The highest BCUT2D eigenvalue weighted by Crippen LogP contribution is 2.45. The number of aliphatic hydroxyl groups excluding tert-OH is 1. The van der Waals surface area contributed by atoms with Crippen LogP contribution in [0.2, 0.25) is 0 Å². The monoisotopic (exact) mass is 354 g/mol. The molecule has 1 aliphatic rings. The van der Waals surface area contributed by atoms with Gasteiger partial charge in [0.2, 0.25) is 5.95 Å². The van der Waals surface area contributed by atoms with E-state index < -0.39 is 36.5 Å². The number of hydrogen-bond donors (Lipinski definition) is 2. The Morgan fingerprint density at radius 1 is 1.58 bits per heavy atom. The van der Waals surface area contributed by atoms with Crippen molar-refractivity contribution in [2.45, 2.75) is 23.2 Å². The number of imidazole rings is 1. The number of nitrogen functional groups attached to an aromatic ring is 1. The zero-order chi connectivity index (χ0) is 17.3. The molecule has 3 heterocycles. The fourth-order valence-corrected chi connectivity index (χ4v) is 3.03. The first-order valence-electron chi connectivity index (χ1n) is 6.84. The summed E-state index contributed by atoms with van der Waals surface area (Å²) < 4.78 is 19.6. The Balaban J connectivity index is 2.15. The molecule has 0 saturated carbocycles. The van der Waals surface area contributed by atoms with E-state index in [4.69, 9.17) is 22.1 Å². The van der Waals surface area contributed by atoms with Gasteiger partial charge in [-0.15, -0.1) is 0 Å². The first-order chi connectivity index (χ1) is 11.5. The number of rotatable bonds is 3.